The zero-order valence-corrected chi connectivity index (χ0v) is 8.13. The minimum absolute atomic E-state index is 0.762. The highest BCUT2D eigenvalue weighted by Crippen LogP contribution is 2.60. The fourth-order valence-corrected chi connectivity index (χ4v) is 3.05. The van der Waals surface area contributed by atoms with Crippen molar-refractivity contribution >= 4 is 11.8 Å². The molecule has 2 rings (SSSR count). The molecule has 2 fully saturated rings. The summed E-state index contributed by atoms with van der Waals surface area (Å²) in [6.07, 6.45) is 5.97. The predicted molar refractivity (Wildman–Crippen MR) is 49.6 cm³/mol. The molecule has 0 N–H and O–H groups in total. The Balaban J connectivity index is 0.000000231. The van der Waals surface area contributed by atoms with Crippen molar-refractivity contribution in [1.82, 2.24) is 0 Å². The van der Waals surface area contributed by atoms with E-state index in [1.807, 2.05) is 13.8 Å². The maximum Gasteiger partial charge on any atom is 0.0253 e. The highest BCUT2D eigenvalue weighted by molar-refractivity contribution is 8.08. The summed E-state index contributed by atoms with van der Waals surface area (Å²) in [6, 6.07) is 0. The lowest BCUT2D eigenvalue weighted by molar-refractivity contribution is 0.487. The van der Waals surface area contributed by atoms with Gasteiger partial charge in [-0.3, -0.25) is 0 Å². The first-order chi connectivity index (χ1) is 4.81. The molecule has 60 valence electrons. The highest BCUT2D eigenvalue weighted by Gasteiger charge is 2.51. The summed E-state index contributed by atoms with van der Waals surface area (Å²) in [5.41, 5.74) is 0. The Morgan fingerprint density at radius 3 is 2.40 bits per heavy atom. The van der Waals surface area contributed by atoms with Crippen molar-refractivity contribution in [2.45, 2.75) is 56.5 Å². The van der Waals surface area contributed by atoms with E-state index in [1.54, 1.807) is 0 Å². The topological polar surface area (TPSA) is 0 Å². The smallest absolute Gasteiger partial charge is 0.0253 e. The van der Waals surface area contributed by atoms with Crippen LogP contribution in [0.1, 0.15) is 46.5 Å². The molecule has 0 aromatic carbocycles. The molecule has 1 aliphatic heterocycles. The molecule has 10 heavy (non-hydrogen) atoms. The van der Waals surface area contributed by atoms with Gasteiger partial charge in [-0.25, -0.2) is 0 Å². The zero-order chi connectivity index (χ0) is 7.61. The van der Waals surface area contributed by atoms with E-state index >= 15 is 0 Å². The van der Waals surface area contributed by atoms with Crippen molar-refractivity contribution in [1.29, 1.82) is 0 Å². The zero-order valence-electron chi connectivity index (χ0n) is 7.31. The van der Waals surface area contributed by atoms with E-state index < -0.39 is 0 Å². The summed E-state index contributed by atoms with van der Waals surface area (Å²) < 4.78 is 0.762. The van der Waals surface area contributed by atoms with Gasteiger partial charge in [-0.1, -0.05) is 26.7 Å². The fraction of sp³-hybridized carbons (Fsp3) is 1.00. The molecule has 0 nitrogen and oxygen atoms in total. The van der Waals surface area contributed by atoms with Crippen molar-refractivity contribution < 1.29 is 0 Å². The third-order valence-corrected chi connectivity index (χ3v) is 4.24. The molecule has 1 saturated carbocycles. The largest absolute Gasteiger partial charge is 0.149 e. The quantitative estimate of drug-likeness (QED) is 0.486. The van der Waals surface area contributed by atoms with Gasteiger partial charge in [-0.05, 0) is 19.8 Å². The molecule has 2 aliphatic rings. The van der Waals surface area contributed by atoms with Gasteiger partial charge in [-0.2, -0.15) is 0 Å². The van der Waals surface area contributed by atoms with Crippen LogP contribution in [0.2, 0.25) is 0 Å². The molecule has 1 aliphatic carbocycles. The SMILES string of the molecule is CC.CC12CCCCC1S2. The van der Waals surface area contributed by atoms with Gasteiger partial charge in [0.25, 0.3) is 0 Å². The first-order valence-corrected chi connectivity index (χ1v) is 5.37. The first kappa shape index (κ1) is 8.45. The van der Waals surface area contributed by atoms with E-state index in [0.717, 1.165) is 10.00 Å². The van der Waals surface area contributed by atoms with Crippen LogP contribution in [0.25, 0.3) is 0 Å². The highest BCUT2D eigenvalue weighted by atomic mass is 32.2. The Labute approximate surface area is 68.8 Å². The van der Waals surface area contributed by atoms with E-state index in [4.69, 9.17) is 0 Å². The molecular weight excluding hydrogens is 140 g/mol. The molecule has 2 atom stereocenters. The van der Waals surface area contributed by atoms with Crippen LogP contribution in [-0.2, 0) is 0 Å². The Bertz CT molecular complexity index is 109. The van der Waals surface area contributed by atoms with Gasteiger partial charge in [-0.15, -0.1) is 11.8 Å². The van der Waals surface area contributed by atoms with Crippen LogP contribution in [0, 0.1) is 0 Å². The van der Waals surface area contributed by atoms with Gasteiger partial charge in [0.1, 0.15) is 0 Å². The van der Waals surface area contributed by atoms with Gasteiger partial charge in [0.15, 0.2) is 0 Å². The lowest BCUT2D eigenvalue weighted by Gasteiger charge is -2.12. The van der Waals surface area contributed by atoms with Gasteiger partial charge < -0.3 is 0 Å². The number of hydrogen-bond donors (Lipinski definition) is 0. The Hall–Kier alpha value is 0.350. The molecule has 0 aromatic rings. The molecule has 1 heterocycles. The van der Waals surface area contributed by atoms with E-state index in [2.05, 4.69) is 18.7 Å². The molecule has 1 heteroatoms. The maximum atomic E-state index is 2.42. The lowest BCUT2D eigenvalue weighted by Crippen LogP contribution is -2.13. The van der Waals surface area contributed by atoms with Gasteiger partial charge in [0.05, 0.1) is 0 Å². The molecule has 0 amide bonds. The third-order valence-electron chi connectivity index (χ3n) is 2.42. The van der Waals surface area contributed by atoms with Crippen molar-refractivity contribution in [3.05, 3.63) is 0 Å². The summed E-state index contributed by atoms with van der Waals surface area (Å²) >= 11 is 2.20. The minimum atomic E-state index is 0.762. The average molecular weight is 158 g/mol. The molecule has 0 bridgehead atoms. The maximum absolute atomic E-state index is 2.42. The summed E-state index contributed by atoms with van der Waals surface area (Å²) in [7, 11) is 0. The van der Waals surface area contributed by atoms with Gasteiger partial charge >= 0.3 is 0 Å². The lowest BCUT2D eigenvalue weighted by atomic mass is 9.91. The second-order valence-corrected chi connectivity index (χ2v) is 4.90. The molecule has 0 radical (unpaired) electrons. The van der Waals surface area contributed by atoms with E-state index in [1.165, 1.54) is 25.7 Å². The molecule has 1 saturated heterocycles. The van der Waals surface area contributed by atoms with Crippen molar-refractivity contribution in [2.75, 3.05) is 0 Å². The fourth-order valence-electron chi connectivity index (χ4n) is 1.68. The molecular formula is C9H18S. The molecule has 0 spiro atoms. The summed E-state index contributed by atoms with van der Waals surface area (Å²) in [5, 5.41) is 1.07. The Kier molecular flexibility index (Phi) is 2.67. The number of thioether (sulfide) groups is 1. The monoisotopic (exact) mass is 158 g/mol. The summed E-state index contributed by atoms with van der Waals surface area (Å²) in [4.78, 5) is 0. The van der Waals surface area contributed by atoms with E-state index in [0.29, 0.717) is 0 Å². The third kappa shape index (κ3) is 1.50. The van der Waals surface area contributed by atoms with Crippen molar-refractivity contribution in [3.63, 3.8) is 0 Å². The van der Waals surface area contributed by atoms with Crippen LogP contribution in [0.15, 0.2) is 0 Å². The van der Waals surface area contributed by atoms with Crippen molar-refractivity contribution in [3.8, 4) is 0 Å². The minimum Gasteiger partial charge on any atom is -0.149 e. The van der Waals surface area contributed by atoms with Crippen LogP contribution >= 0.6 is 11.8 Å². The van der Waals surface area contributed by atoms with Crippen LogP contribution in [-0.4, -0.2) is 10.00 Å². The number of hydrogen-bond acceptors (Lipinski definition) is 1. The number of fused-ring (bicyclic) bond motifs is 1. The Morgan fingerprint density at radius 2 is 2.00 bits per heavy atom. The average Bonchev–Trinajstić information content (AvgIpc) is 2.64. The molecule has 0 aromatic heterocycles. The van der Waals surface area contributed by atoms with Crippen LogP contribution in [0.4, 0.5) is 0 Å². The van der Waals surface area contributed by atoms with Crippen LogP contribution < -0.4 is 0 Å². The summed E-state index contributed by atoms with van der Waals surface area (Å²) in [6.45, 7) is 6.42. The number of rotatable bonds is 0. The summed E-state index contributed by atoms with van der Waals surface area (Å²) in [5.74, 6) is 0. The van der Waals surface area contributed by atoms with Gasteiger partial charge in [0, 0.05) is 10.00 Å². The van der Waals surface area contributed by atoms with Crippen LogP contribution in [0.5, 0.6) is 0 Å². The standard InChI is InChI=1S/C7H12S.C2H6/c1-7-5-3-2-4-6(7)8-7;1-2/h6H,2-5H2,1H3;1-2H3. The second-order valence-electron chi connectivity index (χ2n) is 3.16. The van der Waals surface area contributed by atoms with E-state index in [9.17, 15) is 0 Å². The van der Waals surface area contributed by atoms with Crippen molar-refractivity contribution in [2.24, 2.45) is 0 Å². The second kappa shape index (κ2) is 3.17. The normalized spacial score (nSPS) is 42.9. The predicted octanol–water partition coefficient (Wildman–Crippen LogP) is 3.46. The van der Waals surface area contributed by atoms with Gasteiger partial charge in [0.2, 0.25) is 0 Å². The first-order valence-electron chi connectivity index (χ1n) is 4.49. The molecule has 2 unspecified atom stereocenters. The van der Waals surface area contributed by atoms with Crippen LogP contribution in [0.3, 0.4) is 0 Å². The van der Waals surface area contributed by atoms with E-state index in [-0.39, 0.29) is 0 Å². The Morgan fingerprint density at radius 1 is 1.30 bits per heavy atom.